The van der Waals surface area contributed by atoms with Crippen molar-refractivity contribution in [2.75, 3.05) is 16.8 Å². The highest BCUT2D eigenvalue weighted by Crippen LogP contribution is 2.31. The second-order valence-electron chi connectivity index (χ2n) is 6.10. The van der Waals surface area contributed by atoms with Crippen LogP contribution in [0.5, 0.6) is 0 Å². The largest absolute Gasteiger partial charge is 0.324 e. The summed E-state index contributed by atoms with van der Waals surface area (Å²) in [7, 11) is 0. The van der Waals surface area contributed by atoms with Crippen molar-refractivity contribution >= 4 is 40.7 Å². The SMILES string of the molecule is O=C(CN1N=N[C@H]2C(=O)N(c3ccccc3)C(=O)[C@H]21)Nc1cccc(Cl)c1. The fraction of sp³-hybridized carbons (Fsp3) is 0.167. The molecule has 3 amide bonds. The van der Waals surface area contributed by atoms with Crippen LogP contribution in [0.2, 0.25) is 5.02 Å². The Hall–Kier alpha value is -3.26. The number of para-hydroxylation sites is 1. The van der Waals surface area contributed by atoms with Gasteiger partial charge in [-0.2, -0.15) is 5.11 Å². The molecule has 0 spiro atoms. The van der Waals surface area contributed by atoms with Gasteiger partial charge >= 0.3 is 0 Å². The van der Waals surface area contributed by atoms with E-state index >= 15 is 0 Å². The number of carbonyl (C=O) groups is 3. The Morgan fingerprint density at radius 1 is 1.07 bits per heavy atom. The van der Waals surface area contributed by atoms with Crippen LogP contribution < -0.4 is 10.2 Å². The summed E-state index contributed by atoms with van der Waals surface area (Å²) in [5.41, 5.74) is 1.00. The van der Waals surface area contributed by atoms with E-state index in [4.69, 9.17) is 11.6 Å². The molecule has 0 unspecified atom stereocenters. The van der Waals surface area contributed by atoms with Crippen molar-refractivity contribution < 1.29 is 14.4 Å². The number of imide groups is 1. The molecule has 0 aromatic heterocycles. The lowest BCUT2D eigenvalue weighted by molar-refractivity contribution is -0.123. The smallest absolute Gasteiger partial charge is 0.263 e. The first-order chi connectivity index (χ1) is 13.0. The summed E-state index contributed by atoms with van der Waals surface area (Å²) in [4.78, 5) is 38.7. The van der Waals surface area contributed by atoms with Crippen LogP contribution in [0.1, 0.15) is 0 Å². The molecule has 4 rings (SSSR count). The molecule has 27 heavy (non-hydrogen) atoms. The predicted molar refractivity (Wildman–Crippen MR) is 98.2 cm³/mol. The Morgan fingerprint density at radius 2 is 1.85 bits per heavy atom. The summed E-state index contributed by atoms with van der Waals surface area (Å²) in [5.74, 6) is -1.29. The van der Waals surface area contributed by atoms with Crippen LogP contribution in [-0.4, -0.2) is 41.4 Å². The Morgan fingerprint density at radius 3 is 2.59 bits per heavy atom. The number of fused-ring (bicyclic) bond motifs is 1. The quantitative estimate of drug-likeness (QED) is 0.819. The highest BCUT2D eigenvalue weighted by Gasteiger charge is 2.55. The first kappa shape index (κ1) is 17.2. The highest BCUT2D eigenvalue weighted by molar-refractivity contribution is 6.31. The van der Waals surface area contributed by atoms with Gasteiger partial charge in [0.2, 0.25) is 5.91 Å². The lowest BCUT2D eigenvalue weighted by Gasteiger charge is -2.20. The number of amides is 3. The zero-order valence-corrected chi connectivity index (χ0v) is 14.7. The van der Waals surface area contributed by atoms with Crippen molar-refractivity contribution in [2.45, 2.75) is 12.1 Å². The third-order valence-corrected chi connectivity index (χ3v) is 4.52. The van der Waals surface area contributed by atoms with Crippen molar-refractivity contribution in [3.8, 4) is 0 Å². The van der Waals surface area contributed by atoms with E-state index in [0.717, 1.165) is 4.90 Å². The van der Waals surface area contributed by atoms with Gasteiger partial charge in [0.15, 0.2) is 12.1 Å². The molecule has 0 radical (unpaired) electrons. The highest BCUT2D eigenvalue weighted by atomic mass is 35.5. The van der Waals surface area contributed by atoms with Crippen LogP contribution in [0.25, 0.3) is 0 Å². The van der Waals surface area contributed by atoms with Crippen LogP contribution in [0.15, 0.2) is 64.9 Å². The predicted octanol–water partition coefficient (Wildman–Crippen LogP) is 2.27. The fourth-order valence-electron chi connectivity index (χ4n) is 3.10. The fourth-order valence-corrected chi connectivity index (χ4v) is 3.29. The van der Waals surface area contributed by atoms with Gasteiger partial charge in [-0.1, -0.05) is 41.1 Å². The normalized spacial score (nSPS) is 20.9. The molecular formula is C18H14ClN5O3. The lowest BCUT2D eigenvalue weighted by atomic mass is 10.1. The number of carbonyl (C=O) groups excluding carboxylic acids is 3. The van der Waals surface area contributed by atoms with Crippen LogP contribution in [0.3, 0.4) is 0 Å². The topological polar surface area (TPSA) is 94.4 Å². The lowest BCUT2D eigenvalue weighted by Crippen LogP contribution is -2.43. The molecule has 0 bridgehead atoms. The van der Waals surface area contributed by atoms with Gasteiger partial charge in [0, 0.05) is 10.7 Å². The number of hydrogen-bond donors (Lipinski definition) is 1. The zero-order chi connectivity index (χ0) is 19.0. The van der Waals surface area contributed by atoms with Gasteiger partial charge in [-0.25, -0.2) is 4.90 Å². The summed E-state index contributed by atoms with van der Waals surface area (Å²) >= 11 is 5.90. The van der Waals surface area contributed by atoms with Crippen LogP contribution in [-0.2, 0) is 14.4 Å². The maximum atomic E-state index is 12.8. The monoisotopic (exact) mass is 383 g/mol. The number of benzene rings is 2. The molecule has 1 N–H and O–H groups in total. The van der Waals surface area contributed by atoms with E-state index in [9.17, 15) is 14.4 Å². The molecule has 8 nitrogen and oxygen atoms in total. The Kier molecular flexibility index (Phi) is 4.33. The third kappa shape index (κ3) is 3.15. The minimum atomic E-state index is -0.934. The number of rotatable bonds is 4. The number of hydrogen-bond acceptors (Lipinski definition) is 6. The molecule has 2 aromatic rings. The summed E-state index contributed by atoms with van der Waals surface area (Å²) in [6, 6.07) is 13.5. The van der Waals surface area contributed by atoms with Crippen LogP contribution in [0.4, 0.5) is 11.4 Å². The van der Waals surface area contributed by atoms with E-state index in [0.29, 0.717) is 16.4 Å². The molecule has 0 aliphatic carbocycles. The Balaban J connectivity index is 1.48. The minimum Gasteiger partial charge on any atom is -0.324 e. The number of nitrogens with one attached hydrogen (secondary N) is 1. The molecular weight excluding hydrogens is 370 g/mol. The molecule has 1 fully saturated rings. The first-order valence-corrected chi connectivity index (χ1v) is 8.58. The molecule has 9 heteroatoms. The zero-order valence-electron chi connectivity index (χ0n) is 13.9. The maximum absolute atomic E-state index is 12.8. The van der Waals surface area contributed by atoms with Crippen LogP contribution >= 0.6 is 11.6 Å². The molecule has 2 aromatic carbocycles. The van der Waals surface area contributed by atoms with Crippen molar-refractivity contribution in [1.82, 2.24) is 5.01 Å². The summed E-state index contributed by atoms with van der Waals surface area (Å²) in [6.07, 6.45) is 0. The molecule has 136 valence electrons. The molecule has 2 aliphatic rings. The van der Waals surface area contributed by atoms with E-state index in [1.54, 1.807) is 54.6 Å². The van der Waals surface area contributed by atoms with Gasteiger partial charge in [0.1, 0.15) is 6.54 Å². The molecule has 1 saturated heterocycles. The first-order valence-electron chi connectivity index (χ1n) is 8.20. The summed E-state index contributed by atoms with van der Waals surface area (Å²) < 4.78 is 0. The van der Waals surface area contributed by atoms with E-state index in [-0.39, 0.29) is 6.54 Å². The van der Waals surface area contributed by atoms with E-state index in [1.807, 2.05) is 0 Å². The average Bonchev–Trinajstić information content (AvgIpc) is 3.16. The average molecular weight is 384 g/mol. The van der Waals surface area contributed by atoms with Gasteiger partial charge < -0.3 is 5.32 Å². The van der Waals surface area contributed by atoms with E-state index in [1.165, 1.54) is 5.01 Å². The van der Waals surface area contributed by atoms with Crippen molar-refractivity contribution in [3.63, 3.8) is 0 Å². The standard InChI is InChI=1S/C18H14ClN5O3/c19-11-5-4-6-12(9-11)20-14(25)10-23-16-15(21-22-23)17(26)24(18(16)27)13-7-2-1-3-8-13/h1-9,15-16H,10H2,(H,20,25)/t15-,16+/m1/s1. The minimum absolute atomic E-state index is 0.209. The Bertz CT molecular complexity index is 949. The van der Waals surface area contributed by atoms with Gasteiger partial charge in [-0.3, -0.25) is 19.4 Å². The summed E-state index contributed by atoms with van der Waals surface area (Å²) in [5, 5.41) is 12.2. The molecule has 2 aliphatic heterocycles. The molecule has 2 atom stereocenters. The van der Waals surface area contributed by atoms with E-state index < -0.39 is 29.8 Å². The van der Waals surface area contributed by atoms with Gasteiger partial charge in [0.05, 0.1) is 5.69 Å². The maximum Gasteiger partial charge on any atom is 0.263 e. The number of halogens is 1. The number of anilines is 2. The second kappa shape index (κ2) is 6.81. The van der Waals surface area contributed by atoms with Gasteiger partial charge in [-0.15, -0.1) is 0 Å². The molecule has 0 saturated carbocycles. The summed E-state index contributed by atoms with van der Waals surface area (Å²) in [6.45, 7) is -0.209. The molecule has 2 heterocycles. The van der Waals surface area contributed by atoms with Gasteiger partial charge in [-0.05, 0) is 30.3 Å². The second-order valence-corrected chi connectivity index (χ2v) is 6.53. The van der Waals surface area contributed by atoms with Crippen molar-refractivity contribution in [3.05, 3.63) is 59.6 Å². The van der Waals surface area contributed by atoms with E-state index in [2.05, 4.69) is 15.7 Å². The number of nitrogens with zero attached hydrogens (tertiary/aromatic N) is 4. The van der Waals surface area contributed by atoms with Gasteiger partial charge in [0.25, 0.3) is 11.8 Å². The van der Waals surface area contributed by atoms with Crippen LogP contribution in [0, 0.1) is 0 Å². The Labute approximate surface area is 159 Å². The van der Waals surface area contributed by atoms with Crippen molar-refractivity contribution in [2.24, 2.45) is 10.3 Å². The van der Waals surface area contributed by atoms with Crippen molar-refractivity contribution in [1.29, 1.82) is 0 Å². The third-order valence-electron chi connectivity index (χ3n) is 4.29.